The van der Waals surface area contributed by atoms with Crippen LogP contribution in [0.15, 0.2) is 24.3 Å². The van der Waals surface area contributed by atoms with Crippen molar-refractivity contribution in [3.63, 3.8) is 0 Å². The monoisotopic (exact) mass is 263 g/mol. The second-order valence-electron chi connectivity index (χ2n) is 5.96. The van der Waals surface area contributed by atoms with Gasteiger partial charge in [0, 0.05) is 0 Å². The topological polar surface area (TPSA) is 12.0 Å². The van der Waals surface area contributed by atoms with Gasteiger partial charge in [-0.3, -0.25) is 0 Å². The third-order valence-electron chi connectivity index (χ3n) is 4.73. The molecule has 2 rings (SSSR count). The summed E-state index contributed by atoms with van der Waals surface area (Å²) in [7, 11) is 2.02. The summed E-state index contributed by atoms with van der Waals surface area (Å²) >= 11 is 0. The first-order valence-corrected chi connectivity index (χ1v) is 7.62. The summed E-state index contributed by atoms with van der Waals surface area (Å²) < 4.78 is 13.8. The minimum Gasteiger partial charge on any atom is -0.319 e. The Morgan fingerprint density at radius 3 is 2.68 bits per heavy atom. The van der Waals surface area contributed by atoms with Crippen molar-refractivity contribution >= 4 is 0 Å². The van der Waals surface area contributed by atoms with Crippen LogP contribution in [0.4, 0.5) is 4.39 Å². The summed E-state index contributed by atoms with van der Waals surface area (Å²) in [6.45, 7) is 3.35. The summed E-state index contributed by atoms with van der Waals surface area (Å²) in [6.07, 6.45) is 6.06. The molecule has 3 unspecified atom stereocenters. The Kier molecular flexibility index (Phi) is 5.38. The molecular weight excluding hydrogens is 237 g/mol. The molecule has 1 fully saturated rings. The van der Waals surface area contributed by atoms with E-state index in [2.05, 4.69) is 12.2 Å². The molecule has 0 heterocycles. The standard InChI is InChI=1S/C17H26FN/c1-3-13-8-9-15(12-19-2)16(10-13)11-14-6-4-5-7-17(14)18/h4-7,13,15-16,19H,3,8-12H2,1-2H3. The summed E-state index contributed by atoms with van der Waals surface area (Å²) in [5.41, 5.74) is 0.894. The first kappa shape index (κ1) is 14.5. The van der Waals surface area contributed by atoms with Crippen LogP contribution in [0.25, 0.3) is 0 Å². The Hall–Kier alpha value is -0.890. The Labute approximate surface area is 116 Å². The van der Waals surface area contributed by atoms with Crippen molar-refractivity contribution in [3.05, 3.63) is 35.6 Å². The van der Waals surface area contributed by atoms with Gasteiger partial charge in [-0.25, -0.2) is 4.39 Å². The maximum Gasteiger partial charge on any atom is 0.126 e. The molecule has 0 saturated heterocycles. The summed E-state index contributed by atoms with van der Waals surface area (Å²) in [5.74, 6) is 2.13. The van der Waals surface area contributed by atoms with Gasteiger partial charge in [0.1, 0.15) is 5.82 Å². The molecular formula is C17H26FN. The molecule has 0 spiro atoms. The lowest BCUT2D eigenvalue weighted by Crippen LogP contribution is -2.33. The van der Waals surface area contributed by atoms with Crippen molar-refractivity contribution in [2.45, 2.75) is 39.0 Å². The predicted octanol–water partition coefficient (Wildman–Crippen LogP) is 4.03. The van der Waals surface area contributed by atoms with Crippen LogP contribution < -0.4 is 5.32 Å². The smallest absolute Gasteiger partial charge is 0.126 e. The molecule has 1 aliphatic rings. The fourth-order valence-corrected chi connectivity index (χ4v) is 3.52. The highest BCUT2D eigenvalue weighted by atomic mass is 19.1. The molecule has 106 valence electrons. The number of rotatable bonds is 5. The lowest BCUT2D eigenvalue weighted by molar-refractivity contribution is 0.172. The number of hydrogen-bond donors (Lipinski definition) is 1. The molecule has 0 radical (unpaired) electrons. The molecule has 1 saturated carbocycles. The van der Waals surface area contributed by atoms with E-state index in [4.69, 9.17) is 0 Å². The van der Waals surface area contributed by atoms with Crippen molar-refractivity contribution in [3.8, 4) is 0 Å². The first-order chi connectivity index (χ1) is 9.24. The van der Waals surface area contributed by atoms with Gasteiger partial charge in [0.2, 0.25) is 0 Å². The fraction of sp³-hybridized carbons (Fsp3) is 0.647. The molecule has 1 nitrogen and oxygen atoms in total. The van der Waals surface area contributed by atoms with E-state index in [0.29, 0.717) is 11.8 Å². The minimum atomic E-state index is -0.0377. The average molecular weight is 263 g/mol. The fourth-order valence-electron chi connectivity index (χ4n) is 3.52. The summed E-state index contributed by atoms with van der Waals surface area (Å²) in [5, 5.41) is 3.31. The van der Waals surface area contributed by atoms with Gasteiger partial charge >= 0.3 is 0 Å². The van der Waals surface area contributed by atoms with Crippen LogP contribution in [0.2, 0.25) is 0 Å². The molecule has 0 aromatic heterocycles. The van der Waals surface area contributed by atoms with Crippen molar-refractivity contribution in [1.82, 2.24) is 5.32 Å². The van der Waals surface area contributed by atoms with E-state index in [1.807, 2.05) is 19.2 Å². The molecule has 19 heavy (non-hydrogen) atoms. The maximum absolute atomic E-state index is 13.8. The molecule has 3 atom stereocenters. The minimum absolute atomic E-state index is 0.0377. The molecule has 0 bridgehead atoms. The van der Waals surface area contributed by atoms with Crippen LogP contribution in [0.1, 0.15) is 38.2 Å². The number of nitrogens with one attached hydrogen (secondary N) is 1. The van der Waals surface area contributed by atoms with Gasteiger partial charge in [-0.15, -0.1) is 0 Å². The zero-order chi connectivity index (χ0) is 13.7. The number of benzene rings is 1. The zero-order valence-electron chi connectivity index (χ0n) is 12.2. The van der Waals surface area contributed by atoms with E-state index in [1.54, 1.807) is 12.1 Å². The van der Waals surface area contributed by atoms with E-state index in [9.17, 15) is 4.39 Å². The summed E-state index contributed by atoms with van der Waals surface area (Å²) in [4.78, 5) is 0. The van der Waals surface area contributed by atoms with Crippen molar-refractivity contribution in [2.24, 2.45) is 17.8 Å². The van der Waals surface area contributed by atoms with Gasteiger partial charge in [-0.2, -0.15) is 0 Å². The Morgan fingerprint density at radius 2 is 2.00 bits per heavy atom. The second kappa shape index (κ2) is 7.04. The zero-order valence-corrected chi connectivity index (χ0v) is 12.2. The largest absolute Gasteiger partial charge is 0.319 e. The molecule has 0 aliphatic heterocycles. The van der Waals surface area contributed by atoms with Gasteiger partial charge in [0.15, 0.2) is 0 Å². The van der Waals surface area contributed by atoms with E-state index in [1.165, 1.54) is 25.7 Å². The first-order valence-electron chi connectivity index (χ1n) is 7.62. The number of halogens is 1. The van der Waals surface area contributed by atoms with E-state index in [-0.39, 0.29) is 5.82 Å². The molecule has 1 aliphatic carbocycles. The van der Waals surface area contributed by atoms with Crippen LogP contribution >= 0.6 is 0 Å². The third-order valence-corrected chi connectivity index (χ3v) is 4.73. The van der Waals surface area contributed by atoms with Gasteiger partial charge in [-0.1, -0.05) is 38.0 Å². The van der Waals surface area contributed by atoms with Crippen molar-refractivity contribution < 1.29 is 4.39 Å². The lowest BCUT2D eigenvalue weighted by atomic mass is 9.71. The van der Waals surface area contributed by atoms with Gasteiger partial charge in [0.25, 0.3) is 0 Å². The second-order valence-corrected chi connectivity index (χ2v) is 5.96. The van der Waals surface area contributed by atoms with Gasteiger partial charge in [-0.05, 0) is 62.2 Å². The molecule has 1 N–H and O–H groups in total. The van der Waals surface area contributed by atoms with Crippen molar-refractivity contribution in [2.75, 3.05) is 13.6 Å². The SMILES string of the molecule is CCC1CCC(CNC)C(Cc2ccccc2F)C1. The Morgan fingerprint density at radius 1 is 1.21 bits per heavy atom. The van der Waals surface area contributed by atoms with Crippen LogP contribution in [0.5, 0.6) is 0 Å². The highest BCUT2D eigenvalue weighted by molar-refractivity contribution is 5.18. The van der Waals surface area contributed by atoms with Crippen LogP contribution in [-0.2, 0) is 6.42 Å². The molecule has 0 amide bonds. The predicted molar refractivity (Wildman–Crippen MR) is 78.6 cm³/mol. The van der Waals surface area contributed by atoms with Crippen molar-refractivity contribution in [1.29, 1.82) is 0 Å². The molecule has 2 heteroatoms. The number of hydrogen-bond acceptors (Lipinski definition) is 1. The Balaban J connectivity index is 2.07. The molecule has 1 aromatic carbocycles. The maximum atomic E-state index is 13.8. The van der Waals surface area contributed by atoms with E-state index in [0.717, 1.165) is 24.4 Å². The van der Waals surface area contributed by atoms with Gasteiger partial charge < -0.3 is 5.32 Å². The van der Waals surface area contributed by atoms with Crippen LogP contribution in [0.3, 0.4) is 0 Å². The van der Waals surface area contributed by atoms with Crippen LogP contribution in [0, 0.1) is 23.6 Å². The average Bonchev–Trinajstić information content (AvgIpc) is 2.43. The van der Waals surface area contributed by atoms with Gasteiger partial charge in [0.05, 0.1) is 0 Å². The van der Waals surface area contributed by atoms with Crippen LogP contribution in [-0.4, -0.2) is 13.6 Å². The Bertz CT molecular complexity index is 391. The van der Waals surface area contributed by atoms with E-state index >= 15 is 0 Å². The highest BCUT2D eigenvalue weighted by Crippen LogP contribution is 2.37. The lowest BCUT2D eigenvalue weighted by Gasteiger charge is -2.36. The summed E-state index contributed by atoms with van der Waals surface area (Å²) in [6, 6.07) is 7.26. The molecule has 1 aromatic rings. The normalized spacial score (nSPS) is 27.4. The van der Waals surface area contributed by atoms with E-state index < -0.39 is 0 Å². The third kappa shape index (κ3) is 3.79. The highest BCUT2D eigenvalue weighted by Gasteiger charge is 2.29. The quantitative estimate of drug-likeness (QED) is 0.845.